The van der Waals surface area contributed by atoms with Gasteiger partial charge in [-0.15, -0.1) is 0 Å². The summed E-state index contributed by atoms with van der Waals surface area (Å²) in [5, 5.41) is 3.20. The highest BCUT2D eigenvalue weighted by molar-refractivity contribution is 5.76. The van der Waals surface area contributed by atoms with Crippen molar-refractivity contribution < 1.29 is 9.53 Å². The van der Waals surface area contributed by atoms with Gasteiger partial charge in [-0.05, 0) is 55.9 Å². The summed E-state index contributed by atoms with van der Waals surface area (Å²) < 4.78 is 5.87. The molecule has 4 nitrogen and oxygen atoms in total. The number of nitrogens with zero attached hydrogens (tertiary/aromatic N) is 1. The first kappa shape index (κ1) is 20.4. The largest absolute Gasteiger partial charge is 0.493 e. The minimum atomic E-state index is 0.165. The third kappa shape index (κ3) is 6.38. The number of carbonyl (C=O) groups is 1. The number of benzene rings is 2. The number of aryl methyl sites for hydroxylation is 2. The van der Waals surface area contributed by atoms with E-state index >= 15 is 0 Å². The Labute approximate surface area is 168 Å². The lowest BCUT2D eigenvalue weighted by molar-refractivity contribution is -0.121. The quantitative estimate of drug-likeness (QED) is 0.662. The zero-order valence-electron chi connectivity index (χ0n) is 17.1. The maximum Gasteiger partial charge on any atom is 0.220 e. The molecule has 150 valence electrons. The van der Waals surface area contributed by atoms with Gasteiger partial charge in [0.05, 0.1) is 6.61 Å². The number of carbonyl (C=O) groups excluding carboxylic acids is 1. The molecule has 1 saturated heterocycles. The van der Waals surface area contributed by atoms with Crippen LogP contribution in [-0.4, -0.2) is 36.5 Å². The lowest BCUT2D eigenvalue weighted by atomic mass is 10.1. The average molecular weight is 381 g/mol. The van der Waals surface area contributed by atoms with E-state index in [1.165, 1.54) is 11.1 Å². The Morgan fingerprint density at radius 2 is 1.96 bits per heavy atom. The first-order valence-corrected chi connectivity index (χ1v) is 10.4. The molecule has 4 heteroatoms. The van der Waals surface area contributed by atoms with Gasteiger partial charge in [0.25, 0.3) is 0 Å². The normalized spacial score (nSPS) is 16.9. The van der Waals surface area contributed by atoms with Crippen molar-refractivity contribution in [3.63, 3.8) is 0 Å². The lowest BCUT2D eigenvalue weighted by Crippen LogP contribution is -2.36. The Morgan fingerprint density at radius 3 is 2.79 bits per heavy atom. The van der Waals surface area contributed by atoms with Gasteiger partial charge in [0.2, 0.25) is 5.91 Å². The number of likely N-dealkylation sites (tertiary alicyclic amines) is 1. The third-order valence-corrected chi connectivity index (χ3v) is 5.29. The zero-order chi connectivity index (χ0) is 19.8. The van der Waals surface area contributed by atoms with Gasteiger partial charge in [-0.1, -0.05) is 42.5 Å². The van der Waals surface area contributed by atoms with Crippen LogP contribution in [-0.2, 0) is 11.3 Å². The molecule has 1 aliphatic heterocycles. The molecule has 1 unspecified atom stereocenters. The molecule has 3 rings (SSSR count). The molecule has 0 aromatic heterocycles. The van der Waals surface area contributed by atoms with Crippen molar-refractivity contribution in [1.29, 1.82) is 0 Å². The van der Waals surface area contributed by atoms with Gasteiger partial charge in [0, 0.05) is 32.1 Å². The molecule has 28 heavy (non-hydrogen) atoms. The standard InChI is InChI=1S/C24H32N2O2/c1-19-11-12-20(2)23(16-19)28-15-7-6-10-24(27)25-22-13-14-26(18-22)17-21-8-4-3-5-9-21/h3-5,8-9,11-12,16,22H,6-7,10,13-15,17-18H2,1-2H3,(H,25,27). The molecule has 1 atom stereocenters. The Hall–Kier alpha value is -2.33. The predicted octanol–water partition coefficient (Wildman–Crippen LogP) is 4.24. The van der Waals surface area contributed by atoms with Crippen molar-refractivity contribution in [2.75, 3.05) is 19.7 Å². The molecular formula is C24H32N2O2. The van der Waals surface area contributed by atoms with E-state index in [0.717, 1.165) is 50.2 Å². The SMILES string of the molecule is Cc1ccc(C)c(OCCCCC(=O)NC2CCN(Cc3ccccc3)C2)c1. The smallest absolute Gasteiger partial charge is 0.220 e. The predicted molar refractivity (Wildman–Crippen MR) is 114 cm³/mol. The molecule has 1 aliphatic rings. The van der Waals surface area contributed by atoms with Gasteiger partial charge in [-0.25, -0.2) is 0 Å². The number of unbranched alkanes of at least 4 members (excludes halogenated alkanes) is 1. The van der Waals surface area contributed by atoms with Crippen LogP contribution in [0.25, 0.3) is 0 Å². The summed E-state index contributed by atoms with van der Waals surface area (Å²) in [5.41, 5.74) is 3.70. The maximum atomic E-state index is 12.2. The molecule has 2 aromatic rings. The van der Waals surface area contributed by atoms with E-state index in [1.54, 1.807) is 0 Å². The fourth-order valence-corrected chi connectivity index (χ4v) is 3.67. The number of hydrogen-bond acceptors (Lipinski definition) is 3. The van der Waals surface area contributed by atoms with Crippen LogP contribution in [0.1, 0.15) is 42.4 Å². The second-order valence-corrected chi connectivity index (χ2v) is 7.85. The van der Waals surface area contributed by atoms with E-state index in [4.69, 9.17) is 4.74 Å². The highest BCUT2D eigenvalue weighted by Gasteiger charge is 2.23. The van der Waals surface area contributed by atoms with Crippen LogP contribution in [0.2, 0.25) is 0 Å². The molecule has 1 amide bonds. The van der Waals surface area contributed by atoms with E-state index in [0.29, 0.717) is 13.0 Å². The number of nitrogens with one attached hydrogen (secondary N) is 1. The fraction of sp³-hybridized carbons (Fsp3) is 0.458. The van der Waals surface area contributed by atoms with Crippen molar-refractivity contribution in [2.24, 2.45) is 0 Å². The van der Waals surface area contributed by atoms with Crippen molar-refractivity contribution in [3.05, 3.63) is 65.2 Å². The van der Waals surface area contributed by atoms with Gasteiger partial charge in [0.1, 0.15) is 5.75 Å². The van der Waals surface area contributed by atoms with Crippen LogP contribution in [0.4, 0.5) is 0 Å². The van der Waals surface area contributed by atoms with Crippen molar-refractivity contribution in [1.82, 2.24) is 10.2 Å². The zero-order valence-corrected chi connectivity index (χ0v) is 17.1. The van der Waals surface area contributed by atoms with Gasteiger partial charge < -0.3 is 10.1 Å². The minimum Gasteiger partial charge on any atom is -0.493 e. The summed E-state index contributed by atoms with van der Waals surface area (Å²) in [6, 6.07) is 17.0. The van der Waals surface area contributed by atoms with Crippen molar-refractivity contribution in [2.45, 2.75) is 52.1 Å². The average Bonchev–Trinajstić information content (AvgIpc) is 3.11. The van der Waals surface area contributed by atoms with Crippen LogP contribution in [0.3, 0.4) is 0 Å². The van der Waals surface area contributed by atoms with E-state index in [2.05, 4.69) is 66.5 Å². The van der Waals surface area contributed by atoms with Crippen LogP contribution >= 0.6 is 0 Å². The molecule has 1 N–H and O–H groups in total. The van der Waals surface area contributed by atoms with E-state index in [1.807, 2.05) is 6.07 Å². The summed E-state index contributed by atoms with van der Waals surface area (Å²) in [6.07, 6.45) is 3.36. The molecular weight excluding hydrogens is 348 g/mol. The van der Waals surface area contributed by atoms with Gasteiger partial charge in [-0.3, -0.25) is 9.69 Å². The van der Waals surface area contributed by atoms with Crippen LogP contribution < -0.4 is 10.1 Å². The summed E-state index contributed by atoms with van der Waals surface area (Å²) in [5.74, 6) is 1.12. The van der Waals surface area contributed by atoms with Gasteiger partial charge in [-0.2, -0.15) is 0 Å². The highest BCUT2D eigenvalue weighted by Crippen LogP contribution is 2.19. The summed E-state index contributed by atoms with van der Waals surface area (Å²) in [4.78, 5) is 14.6. The molecule has 1 heterocycles. The number of rotatable bonds is 9. The topological polar surface area (TPSA) is 41.6 Å². The molecule has 2 aromatic carbocycles. The lowest BCUT2D eigenvalue weighted by Gasteiger charge is -2.17. The Bertz CT molecular complexity index is 760. The molecule has 1 fully saturated rings. The Morgan fingerprint density at radius 1 is 1.14 bits per heavy atom. The molecule has 0 saturated carbocycles. The van der Waals surface area contributed by atoms with Crippen molar-refractivity contribution in [3.8, 4) is 5.75 Å². The fourth-order valence-electron chi connectivity index (χ4n) is 3.67. The monoisotopic (exact) mass is 380 g/mol. The Balaban J connectivity index is 1.29. The van der Waals surface area contributed by atoms with Crippen molar-refractivity contribution >= 4 is 5.91 Å². The first-order valence-electron chi connectivity index (χ1n) is 10.4. The van der Waals surface area contributed by atoms with Crippen LogP contribution in [0.15, 0.2) is 48.5 Å². The summed E-state index contributed by atoms with van der Waals surface area (Å²) >= 11 is 0. The van der Waals surface area contributed by atoms with E-state index < -0.39 is 0 Å². The molecule has 0 aliphatic carbocycles. The number of ether oxygens (including phenoxy) is 1. The Kier molecular flexibility index (Phi) is 7.49. The number of amides is 1. The van der Waals surface area contributed by atoms with Gasteiger partial charge in [0.15, 0.2) is 0 Å². The van der Waals surface area contributed by atoms with Gasteiger partial charge >= 0.3 is 0 Å². The second kappa shape index (κ2) is 10.3. The number of hydrogen-bond donors (Lipinski definition) is 1. The van der Waals surface area contributed by atoms with E-state index in [-0.39, 0.29) is 11.9 Å². The molecule has 0 bridgehead atoms. The van der Waals surface area contributed by atoms with E-state index in [9.17, 15) is 4.79 Å². The minimum absolute atomic E-state index is 0.165. The second-order valence-electron chi connectivity index (χ2n) is 7.85. The molecule has 0 radical (unpaired) electrons. The summed E-state index contributed by atoms with van der Waals surface area (Å²) in [6.45, 7) is 7.74. The maximum absolute atomic E-state index is 12.2. The summed E-state index contributed by atoms with van der Waals surface area (Å²) in [7, 11) is 0. The highest BCUT2D eigenvalue weighted by atomic mass is 16.5. The van der Waals surface area contributed by atoms with Crippen LogP contribution in [0.5, 0.6) is 5.75 Å². The first-order chi connectivity index (χ1) is 13.6. The van der Waals surface area contributed by atoms with Crippen LogP contribution in [0, 0.1) is 13.8 Å². The third-order valence-electron chi connectivity index (χ3n) is 5.29. The molecule has 0 spiro atoms.